The maximum absolute atomic E-state index is 13.0. The van der Waals surface area contributed by atoms with Crippen molar-refractivity contribution >= 4 is 5.91 Å². The second-order valence-electron chi connectivity index (χ2n) is 5.81. The first-order chi connectivity index (χ1) is 11.0. The number of benzene rings is 1. The fourth-order valence-electron chi connectivity index (χ4n) is 2.30. The van der Waals surface area contributed by atoms with Gasteiger partial charge in [-0.25, -0.2) is 4.39 Å². The van der Waals surface area contributed by atoms with Gasteiger partial charge in [0.25, 0.3) is 5.91 Å². The molecule has 1 aromatic carbocycles. The zero-order chi connectivity index (χ0) is 16.8. The first-order valence-electron chi connectivity index (χ1n) is 7.65. The summed E-state index contributed by atoms with van der Waals surface area (Å²) in [6, 6.07) is 9.36. The Kier molecular flexibility index (Phi) is 5.93. The minimum absolute atomic E-state index is 0.163. The molecule has 0 unspecified atom stereocenters. The molecule has 0 N–H and O–H groups in total. The van der Waals surface area contributed by atoms with Crippen LogP contribution < -0.4 is 0 Å². The molecule has 0 bridgehead atoms. The Hall–Kier alpha value is -2.14. The van der Waals surface area contributed by atoms with Crippen LogP contribution in [-0.2, 0) is 4.74 Å². The molecule has 0 fully saturated rings. The number of halogens is 1. The van der Waals surface area contributed by atoms with Gasteiger partial charge in [0, 0.05) is 25.8 Å². The van der Waals surface area contributed by atoms with E-state index in [2.05, 4.69) is 13.8 Å². The van der Waals surface area contributed by atoms with Gasteiger partial charge in [-0.05, 0) is 42.3 Å². The predicted molar refractivity (Wildman–Crippen MR) is 86.7 cm³/mol. The molecule has 124 valence electrons. The standard InChI is InChI=1S/C18H22FNO3/c1-13(2)12-20(10-11-22-3)18(21)17-9-8-16(23-17)14-4-6-15(19)7-5-14/h4-9,13H,10-12H2,1-3H3. The van der Waals surface area contributed by atoms with E-state index in [-0.39, 0.29) is 17.5 Å². The summed E-state index contributed by atoms with van der Waals surface area (Å²) in [5, 5.41) is 0. The van der Waals surface area contributed by atoms with Crippen LogP contribution in [0.2, 0.25) is 0 Å². The third-order valence-electron chi connectivity index (χ3n) is 3.38. The van der Waals surface area contributed by atoms with Crippen LogP contribution in [0.4, 0.5) is 4.39 Å². The highest BCUT2D eigenvalue weighted by atomic mass is 19.1. The molecule has 1 aromatic heterocycles. The molecule has 4 nitrogen and oxygen atoms in total. The minimum atomic E-state index is -0.306. The molecular weight excluding hydrogens is 297 g/mol. The van der Waals surface area contributed by atoms with Gasteiger partial charge >= 0.3 is 0 Å². The number of hydrogen-bond acceptors (Lipinski definition) is 3. The minimum Gasteiger partial charge on any atom is -0.451 e. The average Bonchev–Trinajstić information content (AvgIpc) is 3.01. The molecule has 1 amide bonds. The van der Waals surface area contributed by atoms with E-state index in [4.69, 9.17) is 9.15 Å². The van der Waals surface area contributed by atoms with Crippen molar-refractivity contribution in [1.82, 2.24) is 4.90 Å². The number of carbonyl (C=O) groups excluding carboxylic acids is 1. The molecule has 0 atom stereocenters. The molecule has 0 radical (unpaired) electrons. The second kappa shape index (κ2) is 7.92. The van der Waals surface area contributed by atoms with Gasteiger partial charge in [0.1, 0.15) is 11.6 Å². The van der Waals surface area contributed by atoms with E-state index >= 15 is 0 Å². The topological polar surface area (TPSA) is 42.7 Å². The molecule has 5 heteroatoms. The summed E-state index contributed by atoms with van der Waals surface area (Å²) >= 11 is 0. The summed E-state index contributed by atoms with van der Waals surface area (Å²) in [5.41, 5.74) is 0.734. The van der Waals surface area contributed by atoms with Gasteiger partial charge in [0.05, 0.1) is 6.61 Å². The van der Waals surface area contributed by atoms with Crippen molar-refractivity contribution in [3.8, 4) is 11.3 Å². The number of carbonyl (C=O) groups is 1. The summed E-state index contributed by atoms with van der Waals surface area (Å²) in [6.07, 6.45) is 0. The molecule has 0 saturated carbocycles. The molecule has 23 heavy (non-hydrogen) atoms. The van der Waals surface area contributed by atoms with Crippen molar-refractivity contribution < 1.29 is 18.3 Å². The zero-order valence-corrected chi connectivity index (χ0v) is 13.7. The van der Waals surface area contributed by atoms with Crippen molar-refractivity contribution in [3.05, 3.63) is 48.0 Å². The van der Waals surface area contributed by atoms with Crippen molar-refractivity contribution in [2.45, 2.75) is 13.8 Å². The molecule has 0 spiro atoms. The third kappa shape index (κ3) is 4.66. The van der Waals surface area contributed by atoms with E-state index in [1.54, 1.807) is 36.3 Å². The second-order valence-corrected chi connectivity index (χ2v) is 5.81. The molecule has 1 heterocycles. The zero-order valence-electron chi connectivity index (χ0n) is 13.7. The molecule has 2 rings (SSSR count). The Morgan fingerprint density at radius 1 is 1.22 bits per heavy atom. The van der Waals surface area contributed by atoms with E-state index in [0.717, 1.165) is 5.56 Å². The van der Waals surface area contributed by atoms with Gasteiger partial charge < -0.3 is 14.1 Å². The number of ether oxygens (including phenoxy) is 1. The van der Waals surface area contributed by atoms with Crippen molar-refractivity contribution in [3.63, 3.8) is 0 Å². The molecule has 0 aliphatic rings. The Labute approximate surface area is 135 Å². The van der Waals surface area contributed by atoms with Crippen LogP contribution in [0.15, 0.2) is 40.8 Å². The number of nitrogens with zero attached hydrogens (tertiary/aromatic N) is 1. The Morgan fingerprint density at radius 2 is 1.91 bits per heavy atom. The van der Waals surface area contributed by atoms with Gasteiger partial charge in [-0.3, -0.25) is 4.79 Å². The van der Waals surface area contributed by atoms with Crippen LogP contribution in [0.3, 0.4) is 0 Å². The lowest BCUT2D eigenvalue weighted by molar-refractivity contribution is 0.0642. The van der Waals surface area contributed by atoms with Gasteiger partial charge in [-0.15, -0.1) is 0 Å². The fraction of sp³-hybridized carbons (Fsp3) is 0.389. The highest BCUT2D eigenvalue weighted by molar-refractivity contribution is 5.92. The van der Waals surface area contributed by atoms with Gasteiger partial charge in [0.2, 0.25) is 0 Å². The number of methoxy groups -OCH3 is 1. The quantitative estimate of drug-likeness (QED) is 0.779. The summed E-state index contributed by atoms with van der Waals surface area (Å²) in [5.74, 6) is 0.705. The van der Waals surface area contributed by atoms with E-state index in [1.165, 1.54) is 12.1 Å². The van der Waals surface area contributed by atoms with E-state index < -0.39 is 0 Å². The maximum atomic E-state index is 13.0. The van der Waals surface area contributed by atoms with Gasteiger partial charge in [-0.2, -0.15) is 0 Å². The SMILES string of the molecule is COCCN(CC(C)C)C(=O)c1ccc(-c2ccc(F)cc2)o1. The predicted octanol–water partition coefficient (Wildman–Crippen LogP) is 3.83. The normalized spacial score (nSPS) is 11.0. The fourth-order valence-corrected chi connectivity index (χ4v) is 2.30. The van der Waals surface area contributed by atoms with Crippen molar-refractivity contribution in [1.29, 1.82) is 0 Å². The van der Waals surface area contributed by atoms with Crippen LogP contribution in [0.25, 0.3) is 11.3 Å². The van der Waals surface area contributed by atoms with Crippen molar-refractivity contribution in [2.75, 3.05) is 26.8 Å². The number of rotatable bonds is 7. The number of furan rings is 1. The molecule has 0 aliphatic heterocycles. The first kappa shape index (κ1) is 17.2. The Balaban J connectivity index is 2.16. The molecule has 0 saturated heterocycles. The summed E-state index contributed by atoms with van der Waals surface area (Å²) < 4.78 is 23.7. The number of amides is 1. The van der Waals surface area contributed by atoms with Crippen LogP contribution in [0.5, 0.6) is 0 Å². The number of hydrogen-bond donors (Lipinski definition) is 0. The monoisotopic (exact) mass is 319 g/mol. The third-order valence-corrected chi connectivity index (χ3v) is 3.38. The van der Waals surface area contributed by atoms with Crippen LogP contribution in [0, 0.1) is 11.7 Å². The summed E-state index contributed by atoms with van der Waals surface area (Å²) in [6.45, 7) is 5.73. The van der Waals surface area contributed by atoms with Crippen LogP contribution >= 0.6 is 0 Å². The Morgan fingerprint density at radius 3 is 2.52 bits per heavy atom. The molecule has 0 aliphatic carbocycles. The van der Waals surface area contributed by atoms with Gasteiger partial charge in [-0.1, -0.05) is 13.8 Å². The lowest BCUT2D eigenvalue weighted by Crippen LogP contribution is -2.36. The van der Waals surface area contributed by atoms with Crippen molar-refractivity contribution in [2.24, 2.45) is 5.92 Å². The largest absolute Gasteiger partial charge is 0.451 e. The lowest BCUT2D eigenvalue weighted by Gasteiger charge is -2.23. The maximum Gasteiger partial charge on any atom is 0.289 e. The Bertz CT molecular complexity index is 634. The van der Waals surface area contributed by atoms with Crippen LogP contribution in [0.1, 0.15) is 24.4 Å². The molecule has 2 aromatic rings. The summed E-state index contributed by atoms with van der Waals surface area (Å²) in [7, 11) is 1.61. The average molecular weight is 319 g/mol. The highest BCUT2D eigenvalue weighted by Gasteiger charge is 2.20. The van der Waals surface area contributed by atoms with Gasteiger partial charge in [0.15, 0.2) is 5.76 Å². The molecular formula is C18H22FNO3. The smallest absolute Gasteiger partial charge is 0.289 e. The van der Waals surface area contributed by atoms with E-state index in [0.29, 0.717) is 31.4 Å². The van der Waals surface area contributed by atoms with E-state index in [9.17, 15) is 9.18 Å². The highest BCUT2D eigenvalue weighted by Crippen LogP contribution is 2.23. The van der Waals surface area contributed by atoms with E-state index in [1.807, 2.05) is 0 Å². The lowest BCUT2D eigenvalue weighted by atomic mass is 10.2. The first-order valence-corrected chi connectivity index (χ1v) is 7.65. The summed E-state index contributed by atoms with van der Waals surface area (Å²) in [4.78, 5) is 14.3. The van der Waals surface area contributed by atoms with Crippen LogP contribution in [-0.4, -0.2) is 37.6 Å².